The molecule has 7 heteroatoms. The van der Waals surface area contributed by atoms with Gasteiger partial charge in [0.2, 0.25) is 5.82 Å². The first-order valence-electron chi connectivity index (χ1n) is 12.0. The second kappa shape index (κ2) is 9.99. The number of nitrogens with zero attached hydrogens (tertiary/aromatic N) is 3. The maximum atomic E-state index is 13.3. The van der Waals surface area contributed by atoms with Gasteiger partial charge in [0.05, 0.1) is 18.2 Å². The summed E-state index contributed by atoms with van der Waals surface area (Å²) in [6.45, 7) is 6.51. The summed E-state index contributed by atoms with van der Waals surface area (Å²) < 4.78 is 5.80. The Morgan fingerprint density at radius 1 is 1.03 bits per heavy atom. The molecule has 1 atom stereocenters. The monoisotopic (exact) mass is 498 g/mol. The normalized spacial score (nSPS) is 15.8. The van der Waals surface area contributed by atoms with Crippen LogP contribution in [0.3, 0.4) is 0 Å². The third kappa shape index (κ3) is 4.64. The van der Waals surface area contributed by atoms with Gasteiger partial charge in [-0.15, -0.1) is 0 Å². The number of amides is 2. The average molecular weight is 499 g/mol. The van der Waals surface area contributed by atoms with E-state index >= 15 is 0 Å². The standard InChI is InChI=1S/C29H27ClN4O2/c1-4-20-12-14-21(15-13-20)27-32-28(36-33-27)25-19(3)34(17-23-9-6-5-8-18(23)2)29(35)31-26(25)22-10-7-11-24(30)16-22/h5-16,26H,4,17H2,1-3H3,(H,31,35). The van der Waals surface area contributed by atoms with E-state index in [0.29, 0.717) is 23.3 Å². The van der Waals surface area contributed by atoms with Gasteiger partial charge in [-0.3, -0.25) is 4.90 Å². The highest BCUT2D eigenvalue weighted by Gasteiger charge is 2.36. The van der Waals surface area contributed by atoms with Crippen molar-refractivity contribution >= 4 is 23.2 Å². The van der Waals surface area contributed by atoms with Gasteiger partial charge in [-0.25, -0.2) is 4.79 Å². The summed E-state index contributed by atoms with van der Waals surface area (Å²) in [5.41, 5.74) is 6.63. The topological polar surface area (TPSA) is 71.3 Å². The zero-order valence-electron chi connectivity index (χ0n) is 20.5. The molecule has 1 unspecified atom stereocenters. The Hall–Kier alpha value is -3.90. The maximum Gasteiger partial charge on any atom is 0.322 e. The molecule has 0 aliphatic carbocycles. The molecule has 182 valence electrons. The van der Waals surface area contributed by atoms with Crippen molar-refractivity contribution in [2.24, 2.45) is 0 Å². The van der Waals surface area contributed by atoms with Crippen LogP contribution in [-0.2, 0) is 13.0 Å². The fourth-order valence-electron chi connectivity index (χ4n) is 4.48. The Morgan fingerprint density at radius 2 is 1.81 bits per heavy atom. The Kier molecular flexibility index (Phi) is 6.61. The Labute approximate surface area is 215 Å². The van der Waals surface area contributed by atoms with Crippen LogP contribution in [0, 0.1) is 6.92 Å². The molecular formula is C29H27ClN4O2. The fourth-order valence-corrected chi connectivity index (χ4v) is 4.68. The first-order valence-corrected chi connectivity index (χ1v) is 12.3. The van der Waals surface area contributed by atoms with Crippen molar-refractivity contribution in [3.63, 3.8) is 0 Å². The number of hydrogen-bond donors (Lipinski definition) is 1. The third-order valence-electron chi connectivity index (χ3n) is 6.64. The molecule has 36 heavy (non-hydrogen) atoms. The Balaban J connectivity index is 1.59. The van der Waals surface area contributed by atoms with Gasteiger partial charge in [-0.1, -0.05) is 84.3 Å². The molecular weight excluding hydrogens is 472 g/mol. The van der Waals surface area contributed by atoms with Crippen LogP contribution in [0.15, 0.2) is 83.0 Å². The Morgan fingerprint density at radius 3 is 2.53 bits per heavy atom. The van der Waals surface area contributed by atoms with E-state index in [1.807, 2.05) is 68.4 Å². The molecule has 0 fully saturated rings. The second-order valence-electron chi connectivity index (χ2n) is 8.92. The lowest BCUT2D eigenvalue weighted by Crippen LogP contribution is -2.45. The number of halogens is 1. The van der Waals surface area contributed by atoms with Crippen LogP contribution in [0.4, 0.5) is 4.79 Å². The molecule has 4 aromatic rings. The minimum atomic E-state index is -0.486. The van der Waals surface area contributed by atoms with Crippen LogP contribution in [0.2, 0.25) is 5.02 Å². The van der Waals surface area contributed by atoms with E-state index in [1.54, 1.807) is 11.0 Å². The van der Waals surface area contributed by atoms with Crippen molar-refractivity contribution in [3.05, 3.63) is 112 Å². The number of aromatic nitrogens is 2. The number of hydrogen-bond acceptors (Lipinski definition) is 4. The number of aryl methyl sites for hydroxylation is 2. The summed E-state index contributed by atoms with van der Waals surface area (Å²) in [7, 11) is 0. The molecule has 2 heterocycles. The highest BCUT2D eigenvalue weighted by atomic mass is 35.5. The lowest BCUT2D eigenvalue weighted by Gasteiger charge is -2.35. The lowest BCUT2D eigenvalue weighted by atomic mass is 9.94. The molecule has 1 N–H and O–H groups in total. The van der Waals surface area contributed by atoms with Gasteiger partial charge in [-0.05, 0) is 54.7 Å². The number of nitrogens with one attached hydrogen (secondary N) is 1. The van der Waals surface area contributed by atoms with Gasteiger partial charge < -0.3 is 9.84 Å². The molecule has 5 rings (SSSR count). The van der Waals surface area contributed by atoms with Crippen molar-refractivity contribution in [3.8, 4) is 11.4 Å². The molecule has 1 aliphatic rings. The predicted octanol–water partition coefficient (Wildman–Crippen LogP) is 6.96. The molecule has 2 amide bonds. The van der Waals surface area contributed by atoms with Crippen molar-refractivity contribution in [2.45, 2.75) is 39.8 Å². The van der Waals surface area contributed by atoms with Gasteiger partial charge in [0.25, 0.3) is 5.89 Å². The molecule has 0 spiro atoms. The van der Waals surface area contributed by atoms with E-state index < -0.39 is 6.04 Å². The number of allylic oxidation sites excluding steroid dienone is 1. The maximum absolute atomic E-state index is 13.3. The van der Waals surface area contributed by atoms with Crippen molar-refractivity contribution < 1.29 is 9.32 Å². The van der Waals surface area contributed by atoms with Crippen molar-refractivity contribution in [1.29, 1.82) is 0 Å². The quantitative estimate of drug-likeness (QED) is 0.312. The van der Waals surface area contributed by atoms with Gasteiger partial charge >= 0.3 is 6.03 Å². The predicted molar refractivity (Wildman–Crippen MR) is 141 cm³/mol. The van der Waals surface area contributed by atoms with Gasteiger partial charge in [0, 0.05) is 16.3 Å². The highest BCUT2D eigenvalue weighted by Crippen LogP contribution is 2.38. The van der Waals surface area contributed by atoms with Gasteiger partial charge in [-0.2, -0.15) is 4.98 Å². The number of urea groups is 1. The van der Waals surface area contributed by atoms with Crippen LogP contribution < -0.4 is 5.32 Å². The molecule has 1 aliphatic heterocycles. The number of carbonyl (C=O) groups is 1. The Bertz CT molecular complexity index is 1440. The van der Waals surface area contributed by atoms with Crippen LogP contribution in [0.5, 0.6) is 0 Å². The smallest absolute Gasteiger partial charge is 0.322 e. The van der Waals surface area contributed by atoms with E-state index in [-0.39, 0.29) is 6.03 Å². The van der Waals surface area contributed by atoms with Crippen LogP contribution in [0.1, 0.15) is 48.0 Å². The summed E-state index contributed by atoms with van der Waals surface area (Å²) in [6, 6.07) is 22.9. The lowest BCUT2D eigenvalue weighted by molar-refractivity contribution is 0.203. The first kappa shape index (κ1) is 23.8. The fraction of sp³-hybridized carbons (Fsp3) is 0.207. The summed E-state index contributed by atoms with van der Waals surface area (Å²) in [4.78, 5) is 19.8. The summed E-state index contributed by atoms with van der Waals surface area (Å²) in [5, 5.41) is 7.98. The molecule has 0 saturated heterocycles. The zero-order chi connectivity index (χ0) is 25.2. The van der Waals surface area contributed by atoms with Gasteiger partial charge in [0.1, 0.15) is 0 Å². The van der Waals surface area contributed by atoms with E-state index in [2.05, 4.69) is 29.5 Å². The van der Waals surface area contributed by atoms with E-state index in [9.17, 15) is 4.79 Å². The van der Waals surface area contributed by atoms with E-state index in [4.69, 9.17) is 21.1 Å². The average Bonchev–Trinajstić information content (AvgIpc) is 3.37. The second-order valence-corrected chi connectivity index (χ2v) is 9.36. The SMILES string of the molecule is CCc1ccc(-c2noc(C3=C(C)N(Cc4ccccc4C)C(=O)NC3c3cccc(Cl)c3)n2)cc1. The summed E-state index contributed by atoms with van der Waals surface area (Å²) >= 11 is 6.30. The number of benzene rings is 3. The molecule has 0 radical (unpaired) electrons. The highest BCUT2D eigenvalue weighted by molar-refractivity contribution is 6.30. The third-order valence-corrected chi connectivity index (χ3v) is 6.88. The van der Waals surface area contributed by atoms with Crippen LogP contribution >= 0.6 is 11.6 Å². The molecule has 1 aromatic heterocycles. The number of rotatable bonds is 6. The molecule has 0 bridgehead atoms. The van der Waals surface area contributed by atoms with E-state index in [1.165, 1.54) is 5.56 Å². The van der Waals surface area contributed by atoms with E-state index in [0.717, 1.165) is 39.9 Å². The largest absolute Gasteiger partial charge is 0.334 e. The minimum absolute atomic E-state index is 0.195. The van der Waals surface area contributed by atoms with Crippen LogP contribution in [0.25, 0.3) is 17.0 Å². The molecule has 6 nitrogen and oxygen atoms in total. The zero-order valence-corrected chi connectivity index (χ0v) is 21.2. The van der Waals surface area contributed by atoms with Crippen molar-refractivity contribution in [1.82, 2.24) is 20.4 Å². The van der Waals surface area contributed by atoms with Gasteiger partial charge in [0.15, 0.2) is 0 Å². The molecule has 3 aromatic carbocycles. The van der Waals surface area contributed by atoms with Crippen molar-refractivity contribution in [2.75, 3.05) is 0 Å². The van der Waals surface area contributed by atoms with Crippen LogP contribution in [-0.4, -0.2) is 21.1 Å². The summed E-state index contributed by atoms with van der Waals surface area (Å²) in [5.74, 6) is 0.863. The molecule has 0 saturated carbocycles. The summed E-state index contributed by atoms with van der Waals surface area (Å²) in [6.07, 6.45) is 0.960. The number of carbonyl (C=O) groups excluding carboxylic acids is 1. The minimum Gasteiger partial charge on any atom is -0.334 e. The first-order chi connectivity index (χ1) is 17.4.